The summed E-state index contributed by atoms with van der Waals surface area (Å²) < 4.78 is 1.91. The molecule has 1 amide bonds. The molecule has 2 aromatic rings. The molecule has 0 bridgehead atoms. The van der Waals surface area contributed by atoms with Crippen molar-refractivity contribution in [3.8, 4) is 6.07 Å². The maximum Gasteiger partial charge on any atom is 0.238 e. The van der Waals surface area contributed by atoms with Crippen LogP contribution in [0.25, 0.3) is 0 Å². The van der Waals surface area contributed by atoms with Crippen LogP contribution in [0.5, 0.6) is 0 Å². The predicted octanol–water partition coefficient (Wildman–Crippen LogP) is 4.50. The third kappa shape index (κ3) is 4.33. The van der Waals surface area contributed by atoms with Crippen molar-refractivity contribution in [3.63, 3.8) is 0 Å². The summed E-state index contributed by atoms with van der Waals surface area (Å²) >= 11 is 3.00. The van der Waals surface area contributed by atoms with Gasteiger partial charge in [-0.05, 0) is 60.9 Å². The monoisotopic (exact) mass is 430 g/mol. The lowest BCUT2D eigenvalue weighted by Crippen LogP contribution is -2.25. The Morgan fingerprint density at radius 2 is 2.10 bits per heavy atom. The minimum Gasteiger partial charge on any atom is -0.316 e. The number of amides is 1. The van der Waals surface area contributed by atoms with Gasteiger partial charge in [0.15, 0.2) is 0 Å². The number of nitriles is 1. The zero-order chi connectivity index (χ0) is 20.2. The van der Waals surface area contributed by atoms with Gasteiger partial charge >= 0.3 is 0 Å². The van der Waals surface area contributed by atoms with Gasteiger partial charge in [-0.1, -0.05) is 37.9 Å². The zero-order valence-electron chi connectivity index (χ0n) is 16.7. The highest BCUT2D eigenvalue weighted by atomic mass is 32.2. The van der Waals surface area contributed by atoms with Crippen LogP contribution < -0.4 is 5.32 Å². The minimum absolute atomic E-state index is 0.0780. The maximum absolute atomic E-state index is 13.0. The summed E-state index contributed by atoms with van der Waals surface area (Å²) in [5, 5.41) is 26.1. The van der Waals surface area contributed by atoms with Gasteiger partial charge in [0, 0.05) is 4.88 Å². The van der Waals surface area contributed by atoms with E-state index in [-0.39, 0.29) is 11.2 Å². The van der Waals surface area contributed by atoms with Crippen LogP contribution >= 0.6 is 23.1 Å². The summed E-state index contributed by atoms with van der Waals surface area (Å²) in [5.74, 6) is -0.0780. The smallest absolute Gasteiger partial charge is 0.238 e. The second kappa shape index (κ2) is 9.26. The molecule has 7 nitrogen and oxygen atoms in total. The van der Waals surface area contributed by atoms with E-state index >= 15 is 0 Å². The molecule has 0 spiro atoms. The molecule has 154 valence electrons. The standard InChI is InChI=1S/C20H26N6OS2/c1-2-16(29-20-23-24-25-26(20)13-8-4-3-5-9-13)18(27)22-19-15(12-21)14-10-6-7-11-17(14)28-19/h13,16H,2-11H2,1H3,(H,22,27). The van der Waals surface area contributed by atoms with Crippen LogP contribution in [0.15, 0.2) is 5.16 Å². The van der Waals surface area contributed by atoms with Gasteiger partial charge in [0.05, 0.1) is 16.9 Å². The van der Waals surface area contributed by atoms with Gasteiger partial charge in [-0.25, -0.2) is 4.68 Å². The van der Waals surface area contributed by atoms with Crippen molar-refractivity contribution in [2.24, 2.45) is 0 Å². The number of nitrogens with zero attached hydrogens (tertiary/aromatic N) is 5. The fourth-order valence-corrected chi connectivity index (χ4v) is 6.44. The van der Waals surface area contributed by atoms with Crippen molar-refractivity contribution in [1.29, 1.82) is 5.26 Å². The van der Waals surface area contributed by atoms with Gasteiger partial charge in [0.1, 0.15) is 11.1 Å². The molecule has 2 aliphatic rings. The average molecular weight is 431 g/mol. The molecule has 1 unspecified atom stereocenters. The number of hydrogen-bond donors (Lipinski definition) is 1. The van der Waals surface area contributed by atoms with Crippen molar-refractivity contribution in [3.05, 3.63) is 16.0 Å². The van der Waals surface area contributed by atoms with Crippen LogP contribution in [0, 0.1) is 11.3 Å². The summed E-state index contributed by atoms with van der Waals surface area (Å²) in [4.78, 5) is 14.3. The van der Waals surface area contributed by atoms with Crippen molar-refractivity contribution < 1.29 is 4.79 Å². The lowest BCUT2D eigenvalue weighted by atomic mass is 9.96. The molecule has 1 N–H and O–H groups in total. The molecule has 0 saturated heterocycles. The highest BCUT2D eigenvalue weighted by molar-refractivity contribution is 8.00. The molecule has 1 atom stereocenters. The molecular formula is C20H26N6OS2. The molecule has 1 saturated carbocycles. The van der Waals surface area contributed by atoms with E-state index in [1.165, 1.54) is 35.9 Å². The van der Waals surface area contributed by atoms with Crippen molar-refractivity contribution in [2.45, 2.75) is 87.6 Å². The first kappa shape index (κ1) is 20.4. The summed E-state index contributed by atoms with van der Waals surface area (Å²) in [6, 6.07) is 2.65. The van der Waals surface area contributed by atoms with E-state index in [9.17, 15) is 10.1 Å². The highest BCUT2D eigenvalue weighted by Gasteiger charge is 2.27. The molecule has 1 fully saturated rings. The molecule has 2 aromatic heterocycles. The predicted molar refractivity (Wildman–Crippen MR) is 114 cm³/mol. The van der Waals surface area contributed by atoms with Crippen LogP contribution in [-0.2, 0) is 17.6 Å². The van der Waals surface area contributed by atoms with Crippen LogP contribution in [0.2, 0.25) is 0 Å². The van der Waals surface area contributed by atoms with Gasteiger partial charge in [-0.15, -0.1) is 16.4 Å². The molecule has 0 aliphatic heterocycles. The Kier molecular flexibility index (Phi) is 6.50. The molecule has 29 heavy (non-hydrogen) atoms. The molecular weight excluding hydrogens is 404 g/mol. The topological polar surface area (TPSA) is 96.5 Å². The van der Waals surface area contributed by atoms with Crippen molar-refractivity contribution in [2.75, 3.05) is 5.32 Å². The normalized spacial score (nSPS) is 18.1. The average Bonchev–Trinajstić information content (AvgIpc) is 3.36. The fraction of sp³-hybridized carbons (Fsp3) is 0.650. The molecule has 9 heteroatoms. The largest absolute Gasteiger partial charge is 0.316 e. The minimum atomic E-state index is -0.297. The van der Waals surface area contributed by atoms with Crippen LogP contribution in [0.4, 0.5) is 5.00 Å². The quantitative estimate of drug-likeness (QED) is 0.678. The van der Waals surface area contributed by atoms with E-state index in [0.717, 1.165) is 44.1 Å². The summed E-state index contributed by atoms with van der Waals surface area (Å²) in [6.07, 6.45) is 10.7. The van der Waals surface area contributed by atoms with Crippen LogP contribution in [0.3, 0.4) is 0 Å². The number of aromatic nitrogens is 4. The lowest BCUT2D eigenvalue weighted by molar-refractivity contribution is -0.115. The number of thiophene rings is 1. The number of tetrazole rings is 1. The number of nitrogens with one attached hydrogen (secondary N) is 1. The van der Waals surface area contributed by atoms with E-state index in [1.54, 1.807) is 11.3 Å². The number of rotatable bonds is 6. The number of anilines is 1. The molecule has 0 radical (unpaired) electrons. The Balaban J connectivity index is 1.48. The van der Waals surface area contributed by atoms with E-state index in [1.807, 2.05) is 11.6 Å². The molecule has 2 heterocycles. The SMILES string of the molecule is CCC(Sc1nnnn1C1CCCCC1)C(=O)Nc1sc2c(c1C#N)CCCC2. The fourth-order valence-electron chi connectivity index (χ4n) is 4.23. The second-order valence-electron chi connectivity index (χ2n) is 7.73. The van der Waals surface area contributed by atoms with E-state index in [2.05, 4.69) is 26.9 Å². The van der Waals surface area contributed by atoms with Gasteiger partial charge in [0.2, 0.25) is 11.1 Å². The van der Waals surface area contributed by atoms with Crippen molar-refractivity contribution in [1.82, 2.24) is 20.2 Å². The first-order valence-electron chi connectivity index (χ1n) is 10.5. The third-order valence-corrected chi connectivity index (χ3v) is 8.33. The number of fused-ring (bicyclic) bond motifs is 1. The van der Waals surface area contributed by atoms with E-state index < -0.39 is 0 Å². The number of hydrogen-bond acceptors (Lipinski definition) is 7. The van der Waals surface area contributed by atoms with Gasteiger partial charge in [0.25, 0.3) is 0 Å². The van der Waals surface area contributed by atoms with Gasteiger partial charge < -0.3 is 5.32 Å². The number of carbonyl (C=O) groups is 1. The Morgan fingerprint density at radius 3 is 2.86 bits per heavy atom. The lowest BCUT2D eigenvalue weighted by Gasteiger charge is -2.22. The van der Waals surface area contributed by atoms with Gasteiger partial charge in [-0.2, -0.15) is 5.26 Å². The molecule has 0 aromatic carbocycles. The van der Waals surface area contributed by atoms with E-state index in [0.29, 0.717) is 28.2 Å². The zero-order valence-corrected chi connectivity index (χ0v) is 18.3. The number of aryl methyl sites for hydroxylation is 1. The Bertz CT molecular complexity index is 909. The molecule has 2 aliphatic carbocycles. The second-order valence-corrected chi connectivity index (χ2v) is 10.0. The summed E-state index contributed by atoms with van der Waals surface area (Å²) in [5.41, 5.74) is 1.80. The first-order chi connectivity index (χ1) is 14.2. The third-order valence-electron chi connectivity index (χ3n) is 5.81. The van der Waals surface area contributed by atoms with Gasteiger partial charge in [-0.3, -0.25) is 4.79 Å². The van der Waals surface area contributed by atoms with E-state index in [4.69, 9.17) is 0 Å². The first-order valence-corrected chi connectivity index (χ1v) is 12.2. The summed E-state index contributed by atoms with van der Waals surface area (Å²) in [6.45, 7) is 2.00. The molecule has 4 rings (SSSR count). The Hall–Kier alpha value is -1.92. The maximum atomic E-state index is 13.0. The number of carbonyl (C=O) groups excluding carboxylic acids is 1. The van der Waals surface area contributed by atoms with Crippen molar-refractivity contribution >= 4 is 34.0 Å². The van der Waals surface area contributed by atoms with Crippen LogP contribution in [-0.4, -0.2) is 31.4 Å². The summed E-state index contributed by atoms with van der Waals surface area (Å²) in [7, 11) is 0. The Labute approximate surface area is 179 Å². The number of thioether (sulfide) groups is 1. The highest BCUT2D eigenvalue weighted by Crippen LogP contribution is 2.38. The van der Waals surface area contributed by atoms with Crippen LogP contribution in [0.1, 0.15) is 80.3 Å². The Morgan fingerprint density at radius 1 is 1.31 bits per heavy atom.